The highest BCUT2D eigenvalue weighted by molar-refractivity contribution is 7.10. The molecule has 4 rings (SSSR count). The second-order valence-electron chi connectivity index (χ2n) is 8.42. The Morgan fingerprint density at radius 3 is 2.45 bits per heavy atom. The van der Waals surface area contributed by atoms with E-state index < -0.39 is 5.92 Å². The average molecular weight is 433 g/mol. The van der Waals surface area contributed by atoms with Crippen LogP contribution in [0.15, 0.2) is 66.0 Å². The van der Waals surface area contributed by atoms with Gasteiger partial charge >= 0.3 is 0 Å². The highest BCUT2D eigenvalue weighted by atomic mass is 32.1. The van der Waals surface area contributed by atoms with Crippen LogP contribution in [-0.2, 0) is 11.2 Å². The number of thiophene rings is 1. The highest BCUT2D eigenvalue weighted by Gasteiger charge is 2.44. The molecule has 0 aliphatic carbocycles. The molecule has 1 aliphatic rings. The molecule has 31 heavy (non-hydrogen) atoms. The van der Waals surface area contributed by atoms with Crippen molar-refractivity contribution in [3.05, 3.63) is 87.6 Å². The van der Waals surface area contributed by atoms with Crippen molar-refractivity contribution >= 4 is 28.8 Å². The van der Waals surface area contributed by atoms with E-state index in [0.717, 1.165) is 22.5 Å². The third-order valence-corrected chi connectivity index (χ3v) is 6.69. The highest BCUT2D eigenvalue weighted by Crippen LogP contribution is 2.44. The number of hydrogen-bond acceptors (Lipinski definition) is 3. The van der Waals surface area contributed by atoms with E-state index >= 15 is 0 Å². The van der Waals surface area contributed by atoms with Gasteiger partial charge in [0.15, 0.2) is 0 Å². The van der Waals surface area contributed by atoms with Gasteiger partial charge in [0.05, 0.1) is 12.0 Å². The molecule has 0 radical (unpaired) electrons. The SMILES string of the molecule is CCc1ccc(NC(=O)[C@H]2c3ccccc3C(=O)N(CC(C)C)[C@@H]2c2cccs2)cc1. The quantitative estimate of drug-likeness (QED) is 0.528. The molecule has 0 saturated heterocycles. The van der Waals surface area contributed by atoms with Gasteiger partial charge < -0.3 is 10.2 Å². The molecule has 0 saturated carbocycles. The molecule has 2 aromatic carbocycles. The van der Waals surface area contributed by atoms with Crippen LogP contribution in [0.1, 0.15) is 59.1 Å². The van der Waals surface area contributed by atoms with E-state index in [1.165, 1.54) is 5.56 Å². The van der Waals surface area contributed by atoms with Crippen LogP contribution in [0, 0.1) is 5.92 Å². The molecule has 3 aromatic rings. The maximum absolute atomic E-state index is 13.7. The maximum atomic E-state index is 13.7. The number of amides is 2. The number of carbonyl (C=O) groups excluding carboxylic acids is 2. The minimum Gasteiger partial charge on any atom is -0.329 e. The summed E-state index contributed by atoms with van der Waals surface area (Å²) in [6.45, 7) is 6.91. The van der Waals surface area contributed by atoms with Crippen LogP contribution in [0.3, 0.4) is 0 Å². The number of benzene rings is 2. The lowest BCUT2D eigenvalue weighted by atomic mass is 9.81. The number of nitrogens with one attached hydrogen (secondary N) is 1. The fourth-order valence-electron chi connectivity index (χ4n) is 4.29. The summed E-state index contributed by atoms with van der Waals surface area (Å²) in [5.41, 5.74) is 3.43. The van der Waals surface area contributed by atoms with Crippen molar-refractivity contribution in [2.45, 2.75) is 39.2 Å². The van der Waals surface area contributed by atoms with Gasteiger partial charge in [0, 0.05) is 22.7 Å². The lowest BCUT2D eigenvalue weighted by Crippen LogP contribution is -2.47. The molecule has 0 spiro atoms. The standard InChI is InChI=1S/C26H28N2O2S/c1-4-18-11-13-19(14-12-18)27-25(29)23-20-8-5-6-9-21(20)26(30)28(16-17(2)3)24(23)22-10-7-15-31-22/h5-15,17,23-24H,4,16H2,1-3H3,(H,27,29)/t23-,24+/m0/s1. The third kappa shape index (κ3) is 4.28. The molecule has 0 unspecified atom stereocenters. The van der Waals surface area contributed by atoms with Crippen molar-refractivity contribution in [2.75, 3.05) is 11.9 Å². The molecule has 4 nitrogen and oxygen atoms in total. The van der Waals surface area contributed by atoms with Gasteiger partial charge in [-0.1, -0.05) is 57.2 Å². The van der Waals surface area contributed by atoms with E-state index in [9.17, 15) is 9.59 Å². The van der Waals surface area contributed by atoms with Gasteiger partial charge in [-0.25, -0.2) is 0 Å². The second-order valence-corrected chi connectivity index (χ2v) is 9.40. The number of aryl methyl sites for hydroxylation is 1. The van der Waals surface area contributed by atoms with Gasteiger partial charge in [-0.3, -0.25) is 9.59 Å². The fraction of sp³-hybridized carbons (Fsp3) is 0.308. The molecule has 2 atom stereocenters. The summed E-state index contributed by atoms with van der Waals surface area (Å²) in [6.07, 6.45) is 0.955. The van der Waals surface area contributed by atoms with Crippen LogP contribution in [-0.4, -0.2) is 23.3 Å². The van der Waals surface area contributed by atoms with Crippen molar-refractivity contribution in [1.82, 2.24) is 4.90 Å². The molecule has 1 N–H and O–H groups in total. The number of fused-ring (bicyclic) bond motifs is 1. The first-order valence-corrected chi connectivity index (χ1v) is 11.7. The van der Waals surface area contributed by atoms with Crippen molar-refractivity contribution in [2.24, 2.45) is 5.92 Å². The van der Waals surface area contributed by atoms with Crippen molar-refractivity contribution < 1.29 is 9.59 Å². The summed E-state index contributed by atoms with van der Waals surface area (Å²) in [6, 6.07) is 19.2. The summed E-state index contributed by atoms with van der Waals surface area (Å²) >= 11 is 1.60. The van der Waals surface area contributed by atoms with Crippen LogP contribution < -0.4 is 5.32 Å². The monoisotopic (exact) mass is 432 g/mol. The number of rotatable bonds is 6. The molecular weight excluding hydrogens is 404 g/mol. The average Bonchev–Trinajstić information content (AvgIpc) is 3.30. The van der Waals surface area contributed by atoms with Crippen LogP contribution in [0.4, 0.5) is 5.69 Å². The number of anilines is 1. The smallest absolute Gasteiger partial charge is 0.254 e. The fourth-order valence-corrected chi connectivity index (χ4v) is 5.16. The Bertz CT molecular complexity index is 1060. The van der Waals surface area contributed by atoms with Crippen molar-refractivity contribution in [3.8, 4) is 0 Å². The Labute approximate surface area is 187 Å². The summed E-state index contributed by atoms with van der Waals surface area (Å²) in [7, 11) is 0. The molecule has 0 fully saturated rings. The second kappa shape index (κ2) is 9.06. The molecule has 1 aliphatic heterocycles. The molecule has 2 heterocycles. The van der Waals surface area contributed by atoms with Crippen LogP contribution in [0.5, 0.6) is 0 Å². The minimum atomic E-state index is -0.475. The van der Waals surface area contributed by atoms with E-state index in [1.54, 1.807) is 11.3 Å². The molecule has 5 heteroatoms. The lowest BCUT2D eigenvalue weighted by molar-refractivity contribution is -0.119. The normalized spacial score (nSPS) is 18.2. The van der Waals surface area contributed by atoms with Gasteiger partial charge in [0.1, 0.15) is 0 Å². The summed E-state index contributed by atoms with van der Waals surface area (Å²) in [5, 5.41) is 5.12. The number of nitrogens with zero attached hydrogens (tertiary/aromatic N) is 1. The largest absolute Gasteiger partial charge is 0.329 e. The van der Waals surface area contributed by atoms with E-state index in [4.69, 9.17) is 0 Å². The molecule has 1 aromatic heterocycles. The zero-order valence-corrected chi connectivity index (χ0v) is 19.0. The first-order chi connectivity index (χ1) is 15.0. The van der Waals surface area contributed by atoms with Crippen molar-refractivity contribution in [1.29, 1.82) is 0 Å². The topological polar surface area (TPSA) is 49.4 Å². The summed E-state index contributed by atoms with van der Waals surface area (Å²) in [5.74, 6) is -0.269. The van der Waals surface area contributed by atoms with Gasteiger partial charge in [0.2, 0.25) is 5.91 Å². The van der Waals surface area contributed by atoms with E-state index in [-0.39, 0.29) is 17.9 Å². The number of hydrogen-bond donors (Lipinski definition) is 1. The summed E-state index contributed by atoms with van der Waals surface area (Å²) < 4.78 is 0. The Morgan fingerprint density at radius 1 is 1.06 bits per heavy atom. The Kier molecular flexibility index (Phi) is 6.23. The van der Waals surface area contributed by atoms with E-state index in [2.05, 4.69) is 26.1 Å². The Morgan fingerprint density at radius 2 is 1.81 bits per heavy atom. The van der Waals surface area contributed by atoms with Gasteiger partial charge in [0.25, 0.3) is 5.91 Å². The molecule has 2 amide bonds. The zero-order chi connectivity index (χ0) is 22.0. The predicted octanol–water partition coefficient (Wildman–Crippen LogP) is 5.89. The minimum absolute atomic E-state index is 0.000881. The van der Waals surface area contributed by atoms with Crippen LogP contribution >= 0.6 is 11.3 Å². The third-order valence-electron chi connectivity index (χ3n) is 5.75. The van der Waals surface area contributed by atoms with Crippen molar-refractivity contribution in [3.63, 3.8) is 0 Å². The van der Waals surface area contributed by atoms with E-state index in [1.807, 2.05) is 70.9 Å². The predicted molar refractivity (Wildman–Crippen MR) is 127 cm³/mol. The lowest BCUT2D eigenvalue weighted by Gasteiger charge is -2.42. The Balaban J connectivity index is 1.78. The van der Waals surface area contributed by atoms with Gasteiger partial charge in [-0.15, -0.1) is 11.3 Å². The van der Waals surface area contributed by atoms with Gasteiger partial charge in [-0.05, 0) is 53.1 Å². The zero-order valence-electron chi connectivity index (χ0n) is 18.2. The molecular formula is C26H28N2O2S. The maximum Gasteiger partial charge on any atom is 0.254 e. The summed E-state index contributed by atoms with van der Waals surface area (Å²) in [4.78, 5) is 30.1. The molecule has 0 bridgehead atoms. The first-order valence-electron chi connectivity index (χ1n) is 10.8. The first kappa shape index (κ1) is 21.3. The van der Waals surface area contributed by atoms with Crippen LogP contribution in [0.2, 0.25) is 0 Å². The van der Waals surface area contributed by atoms with Crippen LogP contribution in [0.25, 0.3) is 0 Å². The molecule has 160 valence electrons. The Hall–Kier alpha value is -2.92. The number of carbonyl (C=O) groups is 2. The van der Waals surface area contributed by atoms with E-state index in [0.29, 0.717) is 18.0 Å². The van der Waals surface area contributed by atoms with Gasteiger partial charge in [-0.2, -0.15) is 0 Å².